The van der Waals surface area contributed by atoms with E-state index in [-0.39, 0.29) is 0 Å². The Labute approximate surface area is 148 Å². The Balaban J connectivity index is 1.37. The first kappa shape index (κ1) is 18.6. The number of likely N-dealkylation sites (tertiary alicyclic amines) is 2. The zero-order valence-electron chi connectivity index (χ0n) is 15.9. The molecular formula is C19H38N4O. The Morgan fingerprint density at radius 3 is 1.75 bits per heavy atom. The smallest absolute Gasteiger partial charge is 0.0558 e. The Morgan fingerprint density at radius 1 is 0.750 bits per heavy atom. The third kappa shape index (κ3) is 4.70. The van der Waals surface area contributed by atoms with Crippen molar-refractivity contribution in [3.8, 4) is 0 Å². The van der Waals surface area contributed by atoms with Gasteiger partial charge in [-0.1, -0.05) is 0 Å². The van der Waals surface area contributed by atoms with Crippen LogP contribution >= 0.6 is 0 Å². The van der Waals surface area contributed by atoms with Gasteiger partial charge in [-0.3, -0.25) is 9.80 Å². The largest absolute Gasteiger partial charge is 0.395 e. The van der Waals surface area contributed by atoms with Crippen LogP contribution in [0, 0.1) is 0 Å². The maximum absolute atomic E-state index is 9.07. The highest BCUT2D eigenvalue weighted by Crippen LogP contribution is 2.24. The van der Waals surface area contributed by atoms with E-state index in [4.69, 9.17) is 5.11 Å². The highest BCUT2D eigenvalue weighted by molar-refractivity contribution is 4.88. The number of piperazine rings is 1. The number of nitrogens with zero attached hydrogens (tertiary/aromatic N) is 4. The van der Waals surface area contributed by atoms with Gasteiger partial charge in [0.15, 0.2) is 0 Å². The maximum Gasteiger partial charge on any atom is 0.0558 e. The summed E-state index contributed by atoms with van der Waals surface area (Å²) in [5, 5.41) is 9.07. The molecule has 0 bridgehead atoms. The van der Waals surface area contributed by atoms with Gasteiger partial charge in [0.2, 0.25) is 0 Å². The van der Waals surface area contributed by atoms with Crippen molar-refractivity contribution in [2.45, 2.75) is 57.7 Å². The zero-order chi connectivity index (χ0) is 16.9. The molecule has 0 aromatic rings. The number of rotatable bonds is 5. The van der Waals surface area contributed by atoms with Crippen LogP contribution in [0.4, 0.5) is 0 Å². The molecule has 140 valence electrons. The summed E-state index contributed by atoms with van der Waals surface area (Å²) in [6.07, 6.45) is 5.43. The molecule has 3 rings (SSSR count). The van der Waals surface area contributed by atoms with Crippen molar-refractivity contribution < 1.29 is 5.11 Å². The van der Waals surface area contributed by atoms with Crippen molar-refractivity contribution >= 4 is 0 Å². The summed E-state index contributed by atoms with van der Waals surface area (Å²) < 4.78 is 0. The van der Waals surface area contributed by atoms with Gasteiger partial charge >= 0.3 is 0 Å². The van der Waals surface area contributed by atoms with Crippen LogP contribution < -0.4 is 0 Å². The van der Waals surface area contributed by atoms with Crippen molar-refractivity contribution in [1.82, 2.24) is 19.6 Å². The summed E-state index contributed by atoms with van der Waals surface area (Å²) in [5.74, 6) is 0. The molecule has 24 heavy (non-hydrogen) atoms. The van der Waals surface area contributed by atoms with Gasteiger partial charge in [-0.25, -0.2) is 0 Å². The summed E-state index contributed by atoms with van der Waals surface area (Å²) in [6, 6.07) is 2.34. The topological polar surface area (TPSA) is 33.2 Å². The van der Waals surface area contributed by atoms with Crippen LogP contribution in [0.2, 0.25) is 0 Å². The van der Waals surface area contributed by atoms with E-state index in [1.807, 2.05) is 0 Å². The fourth-order valence-electron chi connectivity index (χ4n) is 4.88. The Bertz CT molecular complexity index is 354. The van der Waals surface area contributed by atoms with Crippen molar-refractivity contribution in [2.24, 2.45) is 0 Å². The van der Waals surface area contributed by atoms with Crippen molar-refractivity contribution in [3.63, 3.8) is 0 Å². The van der Waals surface area contributed by atoms with E-state index in [1.165, 1.54) is 65.0 Å². The van der Waals surface area contributed by atoms with Crippen LogP contribution in [0.25, 0.3) is 0 Å². The van der Waals surface area contributed by atoms with Crippen LogP contribution in [0.15, 0.2) is 0 Å². The Morgan fingerprint density at radius 2 is 1.25 bits per heavy atom. The van der Waals surface area contributed by atoms with Crippen LogP contribution in [-0.4, -0.2) is 108 Å². The minimum Gasteiger partial charge on any atom is -0.395 e. The van der Waals surface area contributed by atoms with E-state index in [2.05, 4.69) is 33.4 Å². The van der Waals surface area contributed by atoms with Gasteiger partial charge in [-0.15, -0.1) is 0 Å². The molecule has 0 spiro atoms. The van der Waals surface area contributed by atoms with Crippen molar-refractivity contribution in [2.75, 3.05) is 65.5 Å². The molecule has 0 amide bonds. The third-order valence-corrected chi connectivity index (χ3v) is 6.58. The quantitative estimate of drug-likeness (QED) is 0.807. The standard InChI is InChI=1S/C19H38N4O/c1-17(2)21-7-3-18(4-8-21)22-9-5-19(6-10-22)23-13-11-20(12-14-23)15-16-24/h17-19,24H,3-16H2,1-2H3. The van der Waals surface area contributed by atoms with Crippen molar-refractivity contribution in [3.05, 3.63) is 0 Å². The van der Waals surface area contributed by atoms with Gasteiger partial charge in [0.05, 0.1) is 6.61 Å². The fraction of sp³-hybridized carbons (Fsp3) is 1.00. The molecule has 5 heteroatoms. The predicted molar refractivity (Wildman–Crippen MR) is 99.4 cm³/mol. The fourth-order valence-corrected chi connectivity index (χ4v) is 4.88. The first-order valence-electron chi connectivity index (χ1n) is 10.2. The molecular weight excluding hydrogens is 300 g/mol. The Hall–Kier alpha value is -0.200. The van der Waals surface area contributed by atoms with Gasteiger partial charge in [0.1, 0.15) is 0 Å². The third-order valence-electron chi connectivity index (χ3n) is 6.58. The molecule has 3 aliphatic heterocycles. The number of hydrogen-bond acceptors (Lipinski definition) is 5. The van der Waals surface area contributed by atoms with Crippen LogP contribution in [0.1, 0.15) is 39.5 Å². The maximum atomic E-state index is 9.07. The first-order valence-corrected chi connectivity index (χ1v) is 10.2. The first-order chi connectivity index (χ1) is 11.7. The van der Waals surface area contributed by atoms with E-state index in [9.17, 15) is 0 Å². The molecule has 3 aliphatic rings. The normalized spacial score (nSPS) is 28.0. The monoisotopic (exact) mass is 338 g/mol. The molecule has 0 unspecified atom stereocenters. The molecule has 3 fully saturated rings. The number of hydrogen-bond donors (Lipinski definition) is 1. The second-order valence-corrected chi connectivity index (χ2v) is 8.23. The van der Waals surface area contributed by atoms with Gasteiger partial charge in [0.25, 0.3) is 0 Å². The zero-order valence-corrected chi connectivity index (χ0v) is 15.9. The predicted octanol–water partition coefficient (Wildman–Crippen LogP) is 0.934. The lowest BCUT2D eigenvalue weighted by atomic mass is 9.96. The van der Waals surface area contributed by atoms with Crippen LogP contribution in [0.3, 0.4) is 0 Å². The molecule has 0 atom stereocenters. The highest BCUT2D eigenvalue weighted by Gasteiger charge is 2.31. The summed E-state index contributed by atoms with van der Waals surface area (Å²) in [4.78, 5) is 10.5. The lowest BCUT2D eigenvalue weighted by Gasteiger charge is -2.46. The molecule has 0 radical (unpaired) electrons. The second kappa shape index (κ2) is 8.95. The molecule has 0 aromatic heterocycles. The minimum atomic E-state index is 0.300. The minimum absolute atomic E-state index is 0.300. The number of aliphatic hydroxyl groups is 1. The number of β-amino-alcohol motifs (C(OH)–C–C–N with tert-alkyl or cyclic N) is 1. The summed E-state index contributed by atoms with van der Waals surface area (Å²) in [7, 11) is 0. The molecule has 0 aromatic carbocycles. The van der Waals surface area contributed by atoms with Gasteiger partial charge in [-0.2, -0.15) is 0 Å². The molecule has 0 saturated carbocycles. The van der Waals surface area contributed by atoms with E-state index >= 15 is 0 Å². The molecule has 3 heterocycles. The molecule has 5 nitrogen and oxygen atoms in total. The van der Waals surface area contributed by atoms with Gasteiger partial charge < -0.3 is 14.9 Å². The van der Waals surface area contributed by atoms with Crippen molar-refractivity contribution in [1.29, 1.82) is 0 Å². The average Bonchev–Trinajstić information content (AvgIpc) is 2.63. The lowest BCUT2D eigenvalue weighted by molar-refractivity contribution is 0.0278. The number of piperidine rings is 2. The summed E-state index contributed by atoms with van der Waals surface area (Å²) in [5.41, 5.74) is 0. The van der Waals surface area contributed by atoms with Crippen LogP contribution in [-0.2, 0) is 0 Å². The van der Waals surface area contributed by atoms with Gasteiger partial charge in [-0.05, 0) is 65.7 Å². The highest BCUT2D eigenvalue weighted by atomic mass is 16.3. The molecule has 3 saturated heterocycles. The average molecular weight is 339 g/mol. The van der Waals surface area contributed by atoms with E-state index < -0.39 is 0 Å². The SMILES string of the molecule is CC(C)N1CCC(N2CCC(N3CCN(CCO)CC3)CC2)CC1. The van der Waals surface area contributed by atoms with Gasteiger partial charge in [0, 0.05) is 50.8 Å². The second-order valence-electron chi connectivity index (χ2n) is 8.23. The van der Waals surface area contributed by atoms with Crippen LogP contribution in [0.5, 0.6) is 0 Å². The number of aliphatic hydroxyl groups excluding tert-OH is 1. The van der Waals surface area contributed by atoms with E-state index in [1.54, 1.807) is 0 Å². The van der Waals surface area contributed by atoms with E-state index in [0.29, 0.717) is 12.6 Å². The Kier molecular flexibility index (Phi) is 6.93. The molecule has 0 aliphatic carbocycles. The summed E-state index contributed by atoms with van der Waals surface area (Å²) in [6.45, 7) is 15.6. The summed E-state index contributed by atoms with van der Waals surface area (Å²) >= 11 is 0. The lowest BCUT2D eigenvalue weighted by Crippen LogP contribution is -2.55. The molecule has 1 N–H and O–H groups in total. The van der Waals surface area contributed by atoms with E-state index in [0.717, 1.165) is 31.7 Å².